The Morgan fingerprint density at radius 2 is 2.24 bits per heavy atom. The van der Waals surface area contributed by atoms with Crippen LogP contribution in [0.25, 0.3) is 0 Å². The second-order valence-electron chi connectivity index (χ2n) is 6.53. The molecule has 0 radical (unpaired) electrons. The number of rotatable bonds is 4. The van der Waals surface area contributed by atoms with Gasteiger partial charge in [-0.25, -0.2) is 0 Å². The van der Waals surface area contributed by atoms with Gasteiger partial charge in [0.05, 0.1) is 6.61 Å². The van der Waals surface area contributed by atoms with Gasteiger partial charge in [-0.1, -0.05) is 0 Å². The van der Waals surface area contributed by atoms with E-state index in [-0.39, 0.29) is 12.1 Å². The van der Waals surface area contributed by atoms with E-state index in [4.69, 9.17) is 0 Å². The molecule has 2 rings (SSSR count). The normalized spacial score (nSPS) is 39.4. The molecule has 0 aliphatic carbocycles. The molecule has 2 fully saturated rings. The smallest absolute Gasteiger partial charge is 0.0610 e. The van der Waals surface area contributed by atoms with Crippen molar-refractivity contribution >= 4 is 0 Å². The molecule has 17 heavy (non-hydrogen) atoms. The van der Waals surface area contributed by atoms with Crippen molar-refractivity contribution in [1.29, 1.82) is 0 Å². The van der Waals surface area contributed by atoms with Crippen molar-refractivity contribution in [2.75, 3.05) is 19.7 Å². The first-order valence-electron chi connectivity index (χ1n) is 7.16. The van der Waals surface area contributed by atoms with Crippen molar-refractivity contribution in [3.05, 3.63) is 0 Å². The van der Waals surface area contributed by atoms with Crippen molar-refractivity contribution in [2.45, 2.75) is 64.1 Å². The summed E-state index contributed by atoms with van der Waals surface area (Å²) in [7, 11) is 0. The summed E-state index contributed by atoms with van der Waals surface area (Å²) in [4.78, 5) is 2.66. The molecule has 3 unspecified atom stereocenters. The molecule has 0 spiro atoms. The second kappa shape index (κ2) is 5.25. The summed E-state index contributed by atoms with van der Waals surface area (Å²) >= 11 is 0. The average molecular weight is 240 g/mol. The molecule has 0 aromatic heterocycles. The van der Waals surface area contributed by atoms with Crippen molar-refractivity contribution in [1.82, 2.24) is 10.2 Å². The van der Waals surface area contributed by atoms with E-state index >= 15 is 0 Å². The van der Waals surface area contributed by atoms with Gasteiger partial charge in [0.1, 0.15) is 0 Å². The fourth-order valence-electron chi connectivity index (χ4n) is 3.64. The number of aliphatic hydroxyl groups excluding tert-OH is 1. The number of likely N-dealkylation sites (tertiary alicyclic amines) is 1. The minimum absolute atomic E-state index is 0.0219. The van der Waals surface area contributed by atoms with E-state index in [1.54, 1.807) is 0 Å². The molecule has 2 N–H and O–H groups in total. The first-order chi connectivity index (χ1) is 8.04. The minimum Gasteiger partial charge on any atom is -0.394 e. The quantitative estimate of drug-likeness (QED) is 0.783. The Morgan fingerprint density at radius 1 is 1.47 bits per heavy atom. The van der Waals surface area contributed by atoms with E-state index < -0.39 is 0 Å². The molecular weight excluding hydrogens is 212 g/mol. The fourth-order valence-corrected chi connectivity index (χ4v) is 3.64. The summed E-state index contributed by atoms with van der Waals surface area (Å²) in [6.07, 6.45) is 5.16. The maximum atomic E-state index is 9.37. The van der Waals surface area contributed by atoms with E-state index in [9.17, 15) is 5.11 Å². The molecule has 0 aromatic rings. The molecule has 2 heterocycles. The molecule has 3 heteroatoms. The van der Waals surface area contributed by atoms with Gasteiger partial charge in [-0.3, -0.25) is 4.90 Å². The third-order valence-corrected chi connectivity index (χ3v) is 4.60. The van der Waals surface area contributed by atoms with Crippen molar-refractivity contribution in [3.63, 3.8) is 0 Å². The molecule has 0 aromatic carbocycles. The number of hydrogen-bond acceptors (Lipinski definition) is 3. The van der Waals surface area contributed by atoms with E-state index in [1.165, 1.54) is 25.8 Å². The Kier molecular flexibility index (Phi) is 4.11. The lowest BCUT2D eigenvalue weighted by atomic mass is 9.90. The first-order valence-corrected chi connectivity index (χ1v) is 7.16. The first kappa shape index (κ1) is 13.3. The Balaban J connectivity index is 1.86. The Bertz CT molecular complexity index is 257. The number of nitrogens with zero attached hydrogens (tertiary/aromatic N) is 1. The summed E-state index contributed by atoms with van der Waals surface area (Å²) in [5, 5.41) is 12.9. The summed E-state index contributed by atoms with van der Waals surface area (Å²) in [5.41, 5.74) is -0.0219. The molecule has 0 amide bonds. The summed E-state index contributed by atoms with van der Waals surface area (Å²) < 4.78 is 0. The monoisotopic (exact) mass is 240 g/mol. The minimum atomic E-state index is -0.0219. The zero-order valence-electron chi connectivity index (χ0n) is 11.6. The molecule has 3 atom stereocenters. The van der Waals surface area contributed by atoms with Crippen LogP contribution in [0.15, 0.2) is 0 Å². The summed E-state index contributed by atoms with van der Waals surface area (Å²) in [6, 6.07) is 1.46. The Labute approximate surface area is 106 Å². The third kappa shape index (κ3) is 3.01. The van der Waals surface area contributed by atoms with Crippen LogP contribution in [0.5, 0.6) is 0 Å². The van der Waals surface area contributed by atoms with Crippen LogP contribution in [0.1, 0.15) is 46.5 Å². The average Bonchev–Trinajstić information content (AvgIpc) is 2.87. The molecule has 2 aliphatic rings. The Hall–Kier alpha value is -0.120. The predicted octanol–water partition coefficient (Wildman–Crippen LogP) is 1.61. The van der Waals surface area contributed by atoms with Gasteiger partial charge in [-0.2, -0.15) is 0 Å². The third-order valence-electron chi connectivity index (χ3n) is 4.60. The molecule has 2 saturated heterocycles. The van der Waals surface area contributed by atoms with Crippen LogP contribution >= 0.6 is 0 Å². The summed E-state index contributed by atoms with van der Waals surface area (Å²) in [5.74, 6) is 0.747. The highest BCUT2D eigenvalue weighted by Gasteiger charge is 2.37. The van der Waals surface area contributed by atoms with Gasteiger partial charge in [0.25, 0.3) is 0 Å². The predicted molar refractivity (Wildman–Crippen MR) is 71.1 cm³/mol. The van der Waals surface area contributed by atoms with Gasteiger partial charge in [-0.15, -0.1) is 0 Å². The van der Waals surface area contributed by atoms with Crippen LogP contribution < -0.4 is 5.32 Å². The lowest BCUT2D eigenvalue weighted by Gasteiger charge is -2.30. The SMILES string of the molecule is CC(C)N1CCCC1CC1CNC(C)(CO)C1. The number of hydrogen-bond donors (Lipinski definition) is 2. The van der Waals surface area contributed by atoms with Gasteiger partial charge < -0.3 is 10.4 Å². The van der Waals surface area contributed by atoms with Crippen LogP contribution in [-0.2, 0) is 0 Å². The van der Waals surface area contributed by atoms with Gasteiger partial charge in [-0.05, 0) is 65.5 Å². The van der Waals surface area contributed by atoms with E-state index in [0.29, 0.717) is 6.04 Å². The molecular formula is C14H28N2O. The number of nitrogens with one attached hydrogen (secondary N) is 1. The molecule has 3 nitrogen and oxygen atoms in total. The van der Waals surface area contributed by atoms with E-state index in [0.717, 1.165) is 24.9 Å². The van der Waals surface area contributed by atoms with Crippen molar-refractivity contribution < 1.29 is 5.11 Å². The zero-order valence-corrected chi connectivity index (χ0v) is 11.6. The zero-order chi connectivity index (χ0) is 12.5. The van der Waals surface area contributed by atoms with E-state index in [1.807, 2.05) is 0 Å². The molecule has 100 valence electrons. The standard InChI is InChI=1S/C14H28N2O/c1-11(2)16-6-4-5-13(16)7-12-8-14(3,10-17)15-9-12/h11-13,15,17H,4-10H2,1-3H3. The second-order valence-corrected chi connectivity index (χ2v) is 6.53. The lowest BCUT2D eigenvalue weighted by Crippen LogP contribution is -2.39. The maximum Gasteiger partial charge on any atom is 0.0610 e. The van der Waals surface area contributed by atoms with Crippen LogP contribution in [0, 0.1) is 5.92 Å². The molecule has 0 saturated carbocycles. The Morgan fingerprint density at radius 3 is 2.82 bits per heavy atom. The molecule has 0 bridgehead atoms. The largest absolute Gasteiger partial charge is 0.394 e. The van der Waals surface area contributed by atoms with Crippen LogP contribution in [0.4, 0.5) is 0 Å². The highest BCUT2D eigenvalue weighted by molar-refractivity contribution is 4.95. The van der Waals surface area contributed by atoms with Gasteiger partial charge in [0.2, 0.25) is 0 Å². The lowest BCUT2D eigenvalue weighted by molar-refractivity contribution is 0.168. The summed E-state index contributed by atoms with van der Waals surface area (Å²) in [6.45, 7) is 9.38. The van der Waals surface area contributed by atoms with Crippen LogP contribution in [0.2, 0.25) is 0 Å². The maximum absolute atomic E-state index is 9.37. The number of aliphatic hydroxyl groups is 1. The van der Waals surface area contributed by atoms with Gasteiger partial charge >= 0.3 is 0 Å². The van der Waals surface area contributed by atoms with Gasteiger partial charge in [0, 0.05) is 17.6 Å². The highest BCUT2D eigenvalue weighted by Crippen LogP contribution is 2.32. The van der Waals surface area contributed by atoms with E-state index in [2.05, 4.69) is 31.0 Å². The van der Waals surface area contributed by atoms with Crippen molar-refractivity contribution in [2.24, 2.45) is 5.92 Å². The van der Waals surface area contributed by atoms with Crippen LogP contribution in [0.3, 0.4) is 0 Å². The fraction of sp³-hybridized carbons (Fsp3) is 1.00. The topological polar surface area (TPSA) is 35.5 Å². The molecule has 2 aliphatic heterocycles. The van der Waals surface area contributed by atoms with Crippen molar-refractivity contribution in [3.8, 4) is 0 Å². The van der Waals surface area contributed by atoms with Crippen LogP contribution in [-0.4, -0.2) is 47.3 Å². The van der Waals surface area contributed by atoms with Gasteiger partial charge in [0.15, 0.2) is 0 Å². The highest BCUT2D eigenvalue weighted by atomic mass is 16.3.